The molecule has 3 heterocycles. The van der Waals surface area contributed by atoms with Crippen LogP contribution in [0.3, 0.4) is 0 Å². The van der Waals surface area contributed by atoms with Crippen LogP contribution in [-0.4, -0.2) is 56.3 Å². The van der Waals surface area contributed by atoms with Crippen molar-refractivity contribution >= 4 is 34.2 Å². The molecule has 0 bridgehead atoms. The predicted molar refractivity (Wildman–Crippen MR) is 103 cm³/mol. The summed E-state index contributed by atoms with van der Waals surface area (Å²) in [7, 11) is 1.83. The number of carbonyl (C=O) groups excluding carboxylic acids is 2. The summed E-state index contributed by atoms with van der Waals surface area (Å²) in [5.41, 5.74) is 3.62. The highest BCUT2D eigenvalue weighted by Gasteiger charge is 2.31. The lowest BCUT2D eigenvalue weighted by Crippen LogP contribution is -2.38. The second-order valence-corrected chi connectivity index (χ2v) is 6.60. The van der Waals surface area contributed by atoms with E-state index in [0.717, 1.165) is 22.3 Å². The number of nitrogens with zero attached hydrogens (tertiary/aromatic N) is 4. The lowest BCUT2D eigenvalue weighted by molar-refractivity contribution is -0.121. The maximum Gasteiger partial charge on any atom is 0.257 e. The molecule has 4 rings (SSSR count). The van der Waals surface area contributed by atoms with E-state index in [9.17, 15) is 9.59 Å². The molecule has 1 aromatic carbocycles. The van der Waals surface area contributed by atoms with Crippen LogP contribution in [0.15, 0.2) is 36.7 Å². The number of aliphatic hydroxyl groups excluding tert-OH is 1. The summed E-state index contributed by atoms with van der Waals surface area (Å²) in [6, 6.07) is 7.51. The molecular formula is C19H20N6O3. The molecule has 144 valence electrons. The molecule has 0 saturated heterocycles. The van der Waals surface area contributed by atoms with Crippen molar-refractivity contribution < 1.29 is 14.7 Å². The third-order valence-electron chi connectivity index (χ3n) is 4.63. The Balaban J connectivity index is 1.56. The first-order valence-electron chi connectivity index (χ1n) is 8.90. The summed E-state index contributed by atoms with van der Waals surface area (Å²) in [6.45, 7) is 0.361. The van der Waals surface area contributed by atoms with Gasteiger partial charge in [0, 0.05) is 25.5 Å². The third kappa shape index (κ3) is 3.27. The van der Waals surface area contributed by atoms with E-state index < -0.39 is 0 Å². The molecule has 1 aliphatic rings. The van der Waals surface area contributed by atoms with Crippen molar-refractivity contribution in [3.63, 3.8) is 0 Å². The lowest BCUT2D eigenvalue weighted by Gasteiger charge is -2.15. The van der Waals surface area contributed by atoms with Gasteiger partial charge in [-0.3, -0.25) is 14.3 Å². The molecule has 0 saturated carbocycles. The fraction of sp³-hybridized carbons (Fsp3) is 0.263. The van der Waals surface area contributed by atoms with Gasteiger partial charge in [-0.15, -0.1) is 0 Å². The molecule has 3 aromatic rings. The molecular weight excluding hydrogens is 360 g/mol. The maximum absolute atomic E-state index is 12.9. The molecule has 0 aliphatic carbocycles. The van der Waals surface area contributed by atoms with E-state index in [-0.39, 0.29) is 31.5 Å². The Morgan fingerprint density at radius 2 is 2.18 bits per heavy atom. The van der Waals surface area contributed by atoms with Crippen LogP contribution < -0.4 is 10.6 Å². The van der Waals surface area contributed by atoms with Crippen LogP contribution in [0.4, 0.5) is 11.4 Å². The second kappa shape index (κ2) is 7.28. The van der Waals surface area contributed by atoms with Gasteiger partial charge in [0.15, 0.2) is 5.65 Å². The minimum absolute atomic E-state index is 0.0455. The quantitative estimate of drug-likeness (QED) is 0.583. The van der Waals surface area contributed by atoms with Crippen LogP contribution in [-0.2, 0) is 18.4 Å². The minimum atomic E-state index is -0.295. The van der Waals surface area contributed by atoms with Crippen LogP contribution >= 0.6 is 0 Å². The van der Waals surface area contributed by atoms with Gasteiger partial charge in [0.05, 0.1) is 35.9 Å². The molecule has 3 N–H and O–H groups in total. The number of hydrogen-bond donors (Lipinski definition) is 3. The van der Waals surface area contributed by atoms with E-state index in [0.29, 0.717) is 17.8 Å². The minimum Gasteiger partial charge on any atom is -0.395 e. The molecule has 9 nitrogen and oxygen atoms in total. The van der Waals surface area contributed by atoms with Gasteiger partial charge in [0.25, 0.3) is 5.91 Å². The van der Waals surface area contributed by atoms with Crippen LogP contribution in [0.25, 0.3) is 11.0 Å². The summed E-state index contributed by atoms with van der Waals surface area (Å²) in [5.74, 6) is -0.497. The Hall–Kier alpha value is -3.46. The van der Waals surface area contributed by atoms with Crippen molar-refractivity contribution in [1.29, 1.82) is 0 Å². The van der Waals surface area contributed by atoms with Crippen LogP contribution in [0.1, 0.15) is 15.9 Å². The number of aromatic nitrogens is 3. The number of nitrogens with one attached hydrogen (secondary N) is 2. The van der Waals surface area contributed by atoms with E-state index in [4.69, 9.17) is 5.11 Å². The Bertz CT molecular complexity index is 1060. The predicted octanol–water partition coefficient (Wildman–Crippen LogP) is 0.776. The fourth-order valence-corrected chi connectivity index (χ4v) is 3.34. The Morgan fingerprint density at radius 1 is 1.32 bits per heavy atom. The van der Waals surface area contributed by atoms with Gasteiger partial charge in [0.1, 0.15) is 6.54 Å². The number of pyridine rings is 1. The van der Waals surface area contributed by atoms with Gasteiger partial charge in [-0.05, 0) is 17.7 Å². The first-order chi connectivity index (χ1) is 13.6. The highest BCUT2D eigenvalue weighted by atomic mass is 16.3. The van der Waals surface area contributed by atoms with E-state index in [1.165, 1.54) is 4.90 Å². The van der Waals surface area contributed by atoms with Gasteiger partial charge < -0.3 is 20.6 Å². The molecule has 0 radical (unpaired) electrons. The fourth-order valence-electron chi connectivity index (χ4n) is 3.34. The highest BCUT2D eigenvalue weighted by molar-refractivity contribution is 6.05. The largest absolute Gasteiger partial charge is 0.395 e. The van der Waals surface area contributed by atoms with Crippen molar-refractivity contribution in [2.45, 2.75) is 6.54 Å². The number of aryl methyl sites for hydroxylation is 1. The van der Waals surface area contributed by atoms with E-state index in [1.54, 1.807) is 17.1 Å². The number of rotatable bonds is 6. The normalized spacial score (nSPS) is 13.1. The van der Waals surface area contributed by atoms with Crippen molar-refractivity contribution in [1.82, 2.24) is 25.0 Å². The van der Waals surface area contributed by atoms with E-state index in [1.807, 2.05) is 31.3 Å². The maximum atomic E-state index is 12.9. The number of fused-ring (bicyclic) bond motifs is 2. The topological polar surface area (TPSA) is 112 Å². The summed E-state index contributed by atoms with van der Waals surface area (Å²) >= 11 is 0. The molecule has 2 amide bonds. The third-order valence-corrected chi connectivity index (χ3v) is 4.63. The standard InChI is InChI=1S/C19H20N6O3/c1-24-18-13(8-22-24)7-14(9-21-18)23-15-4-2-3-12-10-25(19(28)17(12)15)11-16(27)20-5-6-26/h2-4,7-9,23,26H,5-6,10-11H2,1H3,(H,20,27). The molecule has 0 atom stereocenters. The smallest absolute Gasteiger partial charge is 0.257 e. The molecule has 1 aliphatic heterocycles. The number of anilines is 2. The van der Waals surface area contributed by atoms with Crippen molar-refractivity contribution in [3.05, 3.63) is 47.8 Å². The van der Waals surface area contributed by atoms with Crippen molar-refractivity contribution in [3.8, 4) is 0 Å². The number of carbonyl (C=O) groups is 2. The Kier molecular flexibility index (Phi) is 4.66. The zero-order valence-electron chi connectivity index (χ0n) is 15.3. The first kappa shape index (κ1) is 17.9. The molecule has 9 heteroatoms. The van der Waals surface area contributed by atoms with Gasteiger partial charge in [0.2, 0.25) is 5.91 Å². The van der Waals surface area contributed by atoms with Gasteiger partial charge >= 0.3 is 0 Å². The Labute approximate surface area is 161 Å². The van der Waals surface area contributed by atoms with Gasteiger partial charge in [-0.25, -0.2) is 4.98 Å². The second-order valence-electron chi connectivity index (χ2n) is 6.60. The van der Waals surface area contributed by atoms with Crippen molar-refractivity contribution in [2.24, 2.45) is 7.05 Å². The van der Waals surface area contributed by atoms with Crippen molar-refractivity contribution in [2.75, 3.05) is 25.0 Å². The summed E-state index contributed by atoms with van der Waals surface area (Å²) in [4.78, 5) is 30.7. The molecule has 2 aromatic heterocycles. The van der Waals surface area contributed by atoms with Gasteiger partial charge in [-0.1, -0.05) is 12.1 Å². The highest BCUT2D eigenvalue weighted by Crippen LogP contribution is 2.31. The summed E-state index contributed by atoms with van der Waals surface area (Å²) < 4.78 is 1.70. The van der Waals surface area contributed by atoms with E-state index in [2.05, 4.69) is 20.7 Å². The van der Waals surface area contributed by atoms with E-state index >= 15 is 0 Å². The zero-order valence-corrected chi connectivity index (χ0v) is 15.3. The average molecular weight is 380 g/mol. The zero-order chi connectivity index (χ0) is 19.7. The molecule has 0 unspecified atom stereocenters. The number of hydrogen-bond acceptors (Lipinski definition) is 6. The summed E-state index contributed by atoms with van der Waals surface area (Å²) in [6.07, 6.45) is 3.43. The first-order valence-corrected chi connectivity index (χ1v) is 8.90. The molecule has 0 spiro atoms. The number of benzene rings is 1. The lowest BCUT2D eigenvalue weighted by atomic mass is 10.1. The van der Waals surface area contributed by atoms with Crippen LogP contribution in [0.5, 0.6) is 0 Å². The van der Waals surface area contributed by atoms with Crippen LogP contribution in [0, 0.1) is 0 Å². The van der Waals surface area contributed by atoms with Crippen LogP contribution in [0.2, 0.25) is 0 Å². The number of aliphatic hydroxyl groups is 1. The SMILES string of the molecule is Cn1ncc2cc(Nc3cccc4c3C(=O)N(CC(=O)NCCO)C4)cnc21. The monoisotopic (exact) mass is 380 g/mol. The number of amides is 2. The summed E-state index contributed by atoms with van der Waals surface area (Å²) in [5, 5.41) is 19.7. The molecule has 0 fully saturated rings. The Morgan fingerprint density at radius 3 is 3.00 bits per heavy atom. The van der Waals surface area contributed by atoms with Gasteiger partial charge in [-0.2, -0.15) is 5.10 Å². The average Bonchev–Trinajstić information content (AvgIpc) is 3.21. The molecule has 28 heavy (non-hydrogen) atoms.